The summed E-state index contributed by atoms with van der Waals surface area (Å²) in [5.74, 6) is -0.309. The van der Waals surface area contributed by atoms with Crippen molar-refractivity contribution in [3.05, 3.63) is 90.4 Å². The monoisotopic (exact) mass is 608 g/mol. The van der Waals surface area contributed by atoms with Gasteiger partial charge in [0.05, 0.1) is 32.3 Å². The normalized spacial score (nSPS) is 10.7. The molecule has 0 bridgehead atoms. The lowest BCUT2D eigenvalue weighted by Gasteiger charge is -2.14. The summed E-state index contributed by atoms with van der Waals surface area (Å²) in [5.41, 5.74) is 3.47. The largest absolute Gasteiger partial charge is 0.490 e. The molecule has 0 aliphatic rings. The number of hydrogen-bond acceptors (Lipinski definition) is 7. The van der Waals surface area contributed by atoms with Crippen LogP contribution >= 0.6 is 39.1 Å². The van der Waals surface area contributed by atoms with Crippen LogP contribution in [-0.2, 0) is 4.79 Å². The molecule has 3 rings (SSSR count). The highest BCUT2D eigenvalue weighted by molar-refractivity contribution is 9.10. The molecule has 2 amide bonds. The van der Waals surface area contributed by atoms with Crippen LogP contribution in [0.4, 0.5) is 11.4 Å². The van der Waals surface area contributed by atoms with E-state index < -0.39 is 16.7 Å². The molecule has 0 saturated carbocycles. The van der Waals surface area contributed by atoms with Gasteiger partial charge in [-0.2, -0.15) is 5.10 Å². The first-order valence-electron chi connectivity index (χ1n) is 10.6. The predicted molar refractivity (Wildman–Crippen MR) is 144 cm³/mol. The Morgan fingerprint density at radius 1 is 1.08 bits per heavy atom. The molecule has 192 valence electrons. The third-order valence-electron chi connectivity index (χ3n) is 4.60. The van der Waals surface area contributed by atoms with Gasteiger partial charge in [0.1, 0.15) is 0 Å². The Labute approximate surface area is 229 Å². The van der Waals surface area contributed by atoms with Gasteiger partial charge >= 0.3 is 0 Å². The summed E-state index contributed by atoms with van der Waals surface area (Å²) in [6.07, 6.45) is 1.39. The zero-order valence-electron chi connectivity index (χ0n) is 19.2. The summed E-state index contributed by atoms with van der Waals surface area (Å²) in [4.78, 5) is 34.7. The van der Waals surface area contributed by atoms with E-state index in [0.29, 0.717) is 43.9 Å². The summed E-state index contributed by atoms with van der Waals surface area (Å²) in [6, 6.07) is 13.1. The summed E-state index contributed by atoms with van der Waals surface area (Å²) < 4.78 is 11.8. The van der Waals surface area contributed by atoms with Crippen molar-refractivity contribution in [3.63, 3.8) is 0 Å². The van der Waals surface area contributed by atoms with Crippen molar-refractivity contribution in [2.24, 2.45) is 5.10 Å². The quantitative estimate of drug-likeness (QED) is 0.168. The van der Waals surface area contributed by atoms with Gasteiger partial charge in [-0.25, -0.2) is 5.43 Å². The Kier molecular flexibility index (Phi) is 9.84. The van der Waals surface area contributed by atoms with E-state index in [1.54, 1.807) is 31.2 Å². The van der Waals surface area contributed by atoms with Crippen molar-refractivity contribution < 1.29 is 24.0 Å². The van der Waals surface area contributed by atoms with Crippen LogP contribution in [0.1, 0.15) is 22.8 Å². The van der Waals surface area contributed by atoms with Crippen LogP contribution in [0.15, 0.2) is 64.2 Å². The lowest BCUT2D eigenvalue weighted by Crippen LogP contribution is -2.20. The fraction of sp³-hybridized carbons (Fsp3) is 0.125. The number of non-ortho nitro benzene ring substituents is 1. The van der Waals surface area contributed by atoms with Gasteiger partial charge in [-0.05, 0) is 70.9 Å². The first-order chi connectivity index (χ1) is 17.7. The minimum absolute atomic E-state index is 0.123. The van der Waals surface area contributed by atoms with Crippen molar-refractivity contribution in [2.75, 3.05) is 18.5 Å². The second kappa shape index (κ2) is 13.0. The molecule has 0 aliphatic carbocycles. The molecule has 0 spiro atoms. The molecule has 0 atom stereocenters. The van der Waals surface area contributed by atoms with E-state index in [2.05, 4.69) is 31.8 Å². The van der Waals surface area contributed by atoms with Crippen LogP contribution < -0.4 is 20.2 Å². The van der Waals surface area contributed by atoms with E-state index in [1.165, 1.54) is 36.5 Å². The molecule has 0 fully saturated rings. The van der Waals surface area contributed by atoms with E-state index in [9.17, 15) is 19.7 Å². The van der Waals surface area contributed by atoms with Crippen LogP contribution in [0.5, 0.6) is 11.5 Å². The van der Waals surface area contributed by atoms with Gasteiger partial charge in [-0.3, -0.25) is 19.7 Å². The number of anilines is 1. The zero-order chi connectivity index (χ0) is 26.9. The van der Waals surface area contributed by atoms with Crippen LogP contribution in [0, 0.1) is 10.1 Å². The average Bonchev–Trinajstić information content (AvgIpc) is 2.86. The summed E-state index contributed by atoms with van der Waals surface area (Å²) in [7, 11) is 0. The Bertz CT molecular complexity index is 1350. The van der Waals surface area contributed by atoms with Gasteiger partial charge in [0, 0.05) is 23.4 Å². The molecule has 0 heterocycles. The number of hydrazone groups is 1. The zero-order valence-corrected chi connectivity index (χ0v) is 22.3. The van der Waals surface area contributed by atoms with Gasteiger partial charge in [0.25, 0.3) is 17.5 Å². The molecule has 0 saturated heterocycles. The summed E-state index contributed by atoms with van der Waals surface area (Å²) in [5, 5.41) is 18.0. The standard InChI is InChI=1S/C24H19BrCl2N4O6/c1-2-36-21-10-14(12-28-30-24(33)15-3-6-17(7-4-15)31(34)35)9-18(25)23(21)37-13-22(32)29-16-5-8-19(26)20(27)11-16/h3-12H,2,13H2,1H3,(H,29,32)(H,30,33)/b28-12+. The highest BCUT2D eigenvalue weighted by Crippen LogP contribution is 2.36. The molecule has 0 radical (unpaired) electrons. The molecule has 10 nitrogen and oxygen atoms in total. The van der Waals surface area contributed by atoms with E-state index >= 15 is 0 Å². The first kappa shape index (κ1) is 27.9. The van der Waals surface area contributed by atoms with E-state index in [1.807, 2.05) is 0 Å². The second-order valence-electron chi connectivity index (χ2n) is 7.23. The van der Waals surface area contributed by atoms with Gasteiger partial charge in [0.15, 0.2) is 18.1 Å². The van der Waals surface area contributed by atoms with Crippen LogP contribution in [-0.4, -0.2) is 36.2 Å². The number of amides is 2. The molecule has 13 heteroatoms. The molecule has 0 aromatic heterocycles. The van der Waals surface area contributed by atoms with E-state index in [-0.39, 0.29) is 17.9 Å². The Morgan fingerprint density at radius 3 is 2.46 bits per heavy atom. The second-order valence-corrected chi connectivity index (χ2v) is 8.90. The number of nitrogens with one attached hydrogen (secondary N) is 2. The molecule has 2 N–H and O–H groups in total. The lowest BCUT2D eigenvalue weighted by atomic mass is 10.2. The number of hydrogen-bond donors (Lipinski definition) is 2. The van der Waals surface area contributed by atoms with Crippen LogP contribution in [0.25, 0.3) is 0 Å². The minimum Gasteiger partial charge on any atom is -0.490 e. The minimum atomic E-state index is -0.552. The first-order valence-corrected chi connectivity index (χ1v) is 12.1. The Balaban J connectivity index is 1.65. The topological polar surface area (TPSA) is 132 Å². The highest BCUT2D eigenvalue weighted by atomic mass is 79.9. The molecule has 3 aromatic carbocycles. The van der Waals surface area contributed by atoms with Crippen LogP contribution in [0.2, 0.25) is 10.0 Å². The fourth-order valence-corrected chi connectivity index (χ4v) is 3.81. The number of nitrogens with zero attached hydrogens (tertiary/aromatic N) is 2. The third-order valence-corrected chi connectivity index (χ3v) is 5.93. The SMILES string of the molecule is CCOc1cc(/C=N/NC(=O)c2ccc([N+](=O)[O-])cc2)cc(Br)c1OCC(=O)Nc1ccc(Cl)c(Cl)c1. The third kappa shape index (κ3) is 7.91. The number of rotatable bonds is 10. The average molecular weight is 610 g/mol. The van der Waals surface area contributed by atoms with Gasteiger partial charge in [0.2, 0.25) is 0 Å². The number of nitro benzene ring substituents is 1. The summed E-state index contributed by atoms with van der Waals surface area (Å²) >= 11 is 15.3. The van der Waals surface area contributed by atoms with Gasteiger partial charge < -0.3 is 14.8 Å². The summed E-state index contributed by atoms with van der Waals surface area (Å²) in [6.45, 7) is 1.81. The van der Waals surface area contributed by atoms with Gasteiger partial charge in [-0.15, -0.1) is 0 Å². The molecule has 37 heavy (non-hydrogen) atoms. The molecule has 0 unspecified atom stereocenters. The molecule has 3 aromatic rings. The number of carbonyl (C=O) groups is 2. The van der Waals surface area contributed by atoms with Crippen molar-refractivity contribution in [2.45, 2.75) is 6.92 Å². The van der Waals surface area contributed by atoms with Gasteiger partial charge in [-0.1, -0.05) is 23.2 Å². The molecular formula is C24H19BrCl2N4O6. The maximum atomic E-state index is 12.3. The number of nitro groups is 1. The predicted octanol–water partition coefficient (Wildman–Crippen LogP) is 5.84. The number of benzene rings is 3. The number of carbonyl (C=O) groups excluding carboxylic acids is 2. The van der Waals surface area contributed by atoms with E-state index in [0.717, 1.165) is 0 Å². The lowest BCUT2D eigenvalue weighted by molar-refractivity contribution is -0.384. The van der Waals surface area contributed by atoms with Crippen molar-refractivity contribution in [1.82, 2.24) is 5.43 Å². The Morgan fingerprint density at radius 2 is 1.81 bits per heavy atom. The fourth-order valence-electron chi connectivity index (χ4n) is 2.94. The van der Waals surface area contributed by atoms with Crippen molar-refractivity contribution in [1.29, 1.82) is 0 Å². The Hall–Kier alpha value is -3.67. The van der Waals surface area contributed by atoms with E-state index in [4.69, 9.17) is 32.7 Å². The highest BCUT2D eigenvalue weighted by Gasteiger charge is 2.15. The van der Waals surface area contributed by atoms with Crippen molar-refractivity contribution in [3.8, 4) is 11.5 Å². The van der Waals surface area contributed by atoms with Crippen molar-refractivity contribution >= 4 is 68.5 Å². The maximum absolute atomic E-state index is 12.3. The smallest absolute Gasteiger partial charge is 0.271 e. The number of halogens is 3. The van der Waals surface area contributed by atoms with Crippen LogP contribution in [0.3, 0.4) is 0 Å². The molecular weight excluding hydrogens is 591 g/mol. The maximum Gasteiger partial charge on any atom is 0.271 e. The molecule has 0 aliphatic heterocycles. The number of ether oxygens (including phenoxy) is 2.